The van der Waals surface area contributed by atoms with Crippen molar-refractivity contribution in [2.45, 2.75) is 19.0 Å². The second-order valence-electron chi connectivity index (χ2n) is 5.84. The van der Waals surface area contributed by atoms with Crippen LogP contribution in [0.4, 0.5) is 5.13 Å². The number of amides is 2. The van der Waals surface area contributed by atoms with Gasteiger partial charge in [-0.15, -0.1) is 11.3 Å². The number of nitrogens with one attached hydrogen (secondary N) is 1. The Kier molecular flexibility index (Phi) is 5.00. The van der Waals surface area contributed by atoms with E-state index >= 15 is 0 Å². The van der Waals surface area contributed by atoms with Gasteiger partial charge in [0.1, 0.15) is 6.04 Å². The molecule has 1 saturated heterocycles. The minimum atomic E-state index is -4.66. The van der Waals surface area contributed by atoms with Crippen molar-refractivity contribution in [3.05, 3.63) is 47.0 Å². The SMILES string of the molecule is CC1C(NC(=O)C(=Cc2ccccc2)c2csc(N)n2)C(=O)N1S(=O)(=O)O. The number of hydrogen-bond acceptors (Lipinski definition) is 7. The fraction of sp³-hybridized carbons (Fsp3) is 0.188. The van der Waals surface area contributed by atoms with Gasteiger partial charge in [-0.25, -0.2) is 9.29 Å². The zero-order valence-corrected chi connectivity index (χ0v) is 15.7. The molecule has 1 aliphatic heterocycles. The van der Waals surface area contributed by atoms with Gasteiger partial charge in [0.05, 0.1) is 17.3 Å². The first-order chi connectivity index (χ1) is 12.7. The summed E-state index contributed by atoms with van der Waals surface area (Å²) in [5, 5.41) is 4.39. The Morgan fingerprint density at radius 2 is 2.04 bits per heavy atom. The topological polar surface area (TPSA) is 143 Å². The third kappa shape index (κ3) is 3.84. The van der Waals surface area contributed by atoms with Crippen LogP contribution in [0.2, 0.25) is 0 Å². The number of β-lactam (4-membered cyclic amide) rings is 1. The highest BCUT2D eigenvalue weighted by Gasteiger charge is 2.51. The Bertz CT molecular complexity index is 1020. The van der Waals surface area contributed by atoms with E-state index in [9.17, 15) is 18.0 Å². The summed E-state index contributed by atoms with van der Waals surface area (Å²) in [6.07, 6.45) is 1.60. The van der Waals surface area contributed by atoms with E-state index in [0.717, 1.165) is 16.9 Å². The number of nitrogens with zero attached hydrogens (tertiary/aromatic N) is 2. The normalized spacial score (nSPS) is 20.3. The molecule has 1 fully saturated rings. The van der Waals surface area contributed by atoms with E-state index in [1.807, 2.05) is 6.07 Å². The van der Waals surface area contributed by atoms with Gasteiger partial charge in [0.15, 0.2) is 5.13 Å². The number of aromatic nitrogens is 1. The zero-order valence-electron chi connectivity index (χ0n) is 14.1. The molecule has 4 N–H and O–H groups in total. The van der Waals surface area contributed by atoms with Gasteiger partial charge in [0.2, 0.25) is 0 Å². The predicted octanol–water partition coefficient (Wildman–Crippen LogP) is 0.784. The van der Waals surface area contributed by atoms with E-state index in [4.69, 9.17) is 10.3 Å². The minimum absolute atomic E-state index is 0.180. The number of hydrogen-bond donors (Lipinski definition) is 3. The van der Waals surface area contributed by atoms with Crippen LogP contribution in [0.3, 0.4) is 0 Å². The number of anilines is 1. The van der Waals surface area contributed by atoms with Crippen molar-refractivity contribution >= 4 is 50.2 Å². The second-order valence-corrected chi connectivity index (χ2v) is 8.02. The molecular formula is C16H16N4O5S2. The van der Waals surface area contributed by atoms with Crippen LogP contribution in [-0.2, 0) is 19.9 Å². The molecule has 9 nitrogen and oxygen atoms in total. The maximum Gasteiger partial charge on any atom is 0.362 e. The lowest BCUT2D eigenvalue weighted by molar-refractivity contribution is -0.144. The summed E-state index contributed by atoms with van der Waals surface area (Å²) in [5.74, 6) is -1.51. The molecule has 27 heavy (non-hydrogen) atoms. The van der Waals surface area contributed by atoms with Crippen LogP contribution < -0.4 is 11.1 Å². The van der Waals surface area contributed by atoms with Gasteiger partial charge < -0.3 is 11.1 Å². The third-order valence-corrected chi connectivity index (χ3v) is 5.71. The molecular weight excluding hydrogens is 392 g/mol. The van der Waals surface area contributed by atoms with Crippen LogP contribution in [0.15, 0.2) is 35.7 Å². The van der Waals surface area contributed by atoms with Crippen LogP contribution >= 0.6 is 11.3 Å². The highest BCUT2D eigenvalue weighted by Crippen LogP contribution is 2.26. The molecule has 0 radical (unpaired) electrons. The highest BCUT2D eigenvalue weighted by atomic mass is 32.2. The van der Waals surface area contributed by atoms with Crippen molar-refractivity contribution in [2.75, 3.05) is 5.73 Å². The van der Waals surface area contributed by atoms with E-state index < -0.39 is 34.2 Å². The van der Waals surface area contributed by atoms with Crippen molar-refractivity contribution in [2.24, 2.45) is 0 Å². The number of rotatable bonds is 5. The molecule has 11 heteroatoms. The number of carbonyl (C=O) groups is 2. The van der Waals surface area contributed by atoms with Crippen molar-refractivity contribution in [1.82, 2.24) is 14.6 Å². The summed E-state index contributed by atoms with van der Waals surface area (Å²) in [6, 6.07) is 7.04. The van der Waals surface area contributed by atoms with E-state index in [-0.39, 0.29) is 10.7 Å². The van der Waals surface area contributed by atoms with Crippen molar-refractivity contribution in [1.29, 1.82) is 0 Å². The van der Waals surface area contributed by atoms with Crippen molar-refractivity contribution in [3.63, 3.8) is 0 Å². The number of nitrogens with two attached hydrogens (primary N) is 1. The average Bonchev–Trinajstić information content (AvgIpc) is 3.03. The smallest absolute Gasteiger partial charge is 0.362 e. The number of carbonyl (C=O) groups excluding carboxylic acids is 2. The van der Waals surface area contributed by atoms with Gasteiger partial charge in [-0.3, -0.25) is 14.1 Å². The predicted molar refractivity (Wildman–Crippen MR) is 101 cm³/mol. The second kappa shape index (κ2) is 7.10. The summed E-state index contributed by atoms with van der Waals surface area (Å²) >= 11 is 1.16. The Hall–Kier alpha value is -2.76. The molecule has 0 spiro atoms. The van der Waals surface area contributed by atoms with Crippen LogP contribution in [0, 0.1) is 0 Å². The largest absolute Gasteiger partial charge is 0.375 e. The van der Waals surface area contributed by atoms with Crippen molar-refractivity contribution < 1.29 is 22.6 Å². The maximum atomic E-state index is 12.8. The quantitative estimate of drug-likeness (QED) is 0.377. The van der Waals surface area contributed by atoms with Gasteiger partial charge in [-0.05, 0) is 18.6 Å². The van der Waals surface area contributed by atoms with Gasteiger partial charge >= 0.3 is 10.3 Å². The molecule has 3 rings (SSSR count). The molecule has 142 valence electrons. The van der Waals surface area contributed by atoms with Crippen LogP contribution in [0.1, 0.15) is 18.2 Å². The van der Waals surface area contributed by atoms with Crippen molar-refractivity contribution in [3.8, 4) is 0 Å². The van der Waals surface area contributed by atoms with E-state index in [1.54, 1.807) is 35.7 Å². The first kappa shape index (κ1) is 19.0. The van der Waals surface area contributed by atoms with Crippen LogP contribution in [0.5, 0.6) is 0 Å². The first-order valence-electron chi connectivity index (χ1n) is 7.78. The lowest BCUT2D eigenvalue weighted by Gasteiger charge is -2.42. The molecule has 2 unspecified atom stereocenters. The molecule has 1 aromatic heterocycles. The Labute approximate surface area is 159 Å². The van der Waals surface area contributed by atoms with Crippen LogP contribution in [0.25, 0.3) is 11.6 Å². The lowest BCUT2D eigenvalue weighted by atomic mass is 9.99. The highest BCUT2D eigenvalue weighted by molar-refractivity contribution is 7.84. The number of thiazole rings is 1. The van der Waals surface area contributed by atoms with Gasteiger partial charge in [0, 0.05) is 5.38 Å². The monoisotopic (exact) mass is 408 g/mol. The van der Waals surface area contributed by atoms with Gasteiger partial charge in [-0.1, -0.05) is 30.3 Å². The Morgan fingerprint density at radius 1 is 1.37 bits per heavy atom. The van der Waals surface area contributed by atoms with Gasteiger partial charge in [-0.2, -0.15) is 8.42 Å². The molecule has 0 bridgehead atoms. The lowest BCUT2D eigenvalue weighted by Crippen LogP contribution is -2.70. The molecule has 2 aromatic rings. The minimum Gasteiger partial charge on any atom is -0.375 e. The summed E-state index contributed by atoms with van der Waals surface area (Å²) in [5.41, 5.74) is 6.91. The molecule has 0 saturated carbocycles. The zero-order chi connectivity index (χ0) is 19.8. The Morgan fingerprint density at radius 3 is 2.56 bits per heavy atom. The average molecular weight is 408 g/mol. The van der Waals surface area contributed by atoms with Gasteiger partial charge in [0.25, 0.3) is 11.8 Å². The number of nitrogen functional groups attached to an aromatic ring is 1. The summed E-state index contributed by atoms with van der Waals surface area (Å²) in [4.78, 5) is 28.9. The van der Waals surface area contributed by atoms with E-state index in [0.29, 0.717) is 10.00 Å². The van der Waals surface area contributed by atoms with E-state index in [2.05, 4.69) is 10.3 Å². The fourth-order valence-corrected chi connectivity index (χ4v) is 4.15. The summed E-state index contributed by atoms with van der Waals surface area (Å²) in [6.45, 7) is 1.40. The summed E-state index contributed by atoms with van der Waals surface area (Å²) < 4.78 is 31.7. The van der Waals surface area contributed by atoms with Crippen LogP contribution in [-0.4, -0.2) is 46.2 Å². The first-order valence-corrected chi connectivity index (χ1v) is 10.1. The molecule has 1 aliphatic rings. The molecule has 0 aliphatic carbocycles. The molecule has 1 aromatic carbocycles. The standard InChI is InChI=1S/C16H16N4O5S2/c1-9-13(15(22)20(9)27(23,24)25)19-14(21)11(12-8-26-16(17)18-12)7-10-5-3-2-4-6-10/h2-9,13H,1H3,(H2,17,18)(H,19,21)(H,23,24,25). The summed E-state index contributed by atoms with van der Waals surface area (Å²) in [7, 11) is -4.66. The van der Waals surface area contributed by atoms with E-state index in [1.165, 1.54) is 6.92 Å². The maximum absolute atomic E-state index is 12.8. The molecule has 2 heterocycles. The number of benzene rings is 1. The Balaban J connectivity index is 1.87. The third-order valence-electron chi connectivity index (χ3n) is 4.02. The molecule has 2 atom stereocenters. The molecule has 2 amide bonds. The fourth-order valence-electron chi connectivity index (χ4n) is 2.71.